The molecule has 0 atom stereocenters. The summed E-state index contributed by atoms with van der Waals surface area (Å²) in [6.45, 7) is 5.02. The van der Waals surface area contributed by atoms with Crippen LogP contribution in [0, 0.1) is 0 Å². The average Bonchev–Trinajstić information content (AvgIpc) is 3.41. The Morgan fingerprint density at radius 1 is 0.844 bits per heavy atom. The zero-order chi connectivity index (χ0) is 21.9. The third-order valence-electron chi connectivity index (χ3n) is 7.33. The minimum atomic E-state index is 0.0199. The summed E-state index contributed by atoms with van der Waals surface area (Å²) in [5, 5.41) is 5.49. The Morgan fingerprint density at radius 2 is 1.56 bits per heavy atom. The molecule has 1 aliphatic carbocycles. The second-order valence-corrected chi connectivity index (χ2v) is 9.53. The van der Waals surface area contributed by atoms with Gasteiger partial charge in [0.15, 0.2) is 5.65 Å². The van der Waals surface area contributed by atoms with Gasteiger partial charge in [-0.3, -0.25) is 14.5 Å². The van der Waals surface area contributed by atoms with Gasteiger partial charge in [0.1, 0.15) is 0 Å². The van der Waals surface area contributed by atoms with Crippen LogP contribution in [0.2, 0.25) is 0 Å². The van der Waals surface area contributed by atoms with E-state index in [1.165, 1.54) is 25.7 Å². The number of fused-ring (bicyclic) bond motifs is 1. The highest BCUT2D eigenvalue weighted by Crippen LogP contribution is 2.31. The average molecular weight is 439 g/mol. The van der Waals surface area contributed by atoms with Crippen molar-refractivity contribution in [1.29, 1.82) is 0 Å². The third-order valence-corrected chi connectivity index (χ3v) is 7.33. The van der Waals surface area contributed by atoms with E-state index in [9.17, 15) is 9.59 Å². The molecule has 172 valence electrons. The van der Waals surface area contributed by atoms with E-state index >= 15 is 0 Å². The maximum absolute atomic E-state index is 13.1. The molecule has 4 heterocycles. The number of aromatic nitrogens is 3. The van der Waals surface area contributed by atoms with E-state index in [1.54, 1.807) is 6.20 Å². The molecular formula is C24H34N6O2. The zero-order valence-electron chi connectivity index (χ0n) is 18.9. The Bertz CT molecular complexity index is 951. The summed E-state index contributed by atoms with van der Waals surface area (Å²) in [6, 6.07) is 2.37. The maximum atomic E-state index is 13.1. The molecule has 3 aliphatic rings. The fourth-order valence-electron chi connectivity index (χ4n) is 5.38. The second kappa shape index (κ2) is 9.57. The van der Waals surface area contributed by atoms with Gasteiger partial charge in [0.25, 0.3) is 5.91 Å². The number of hydrogen-bond donors (Lipinski definition) is 0. The fraction of sp³-hybridized carbons (Fsp3) is 0.667. The van der Waals surface area contributed by atoms with Gasteiger partial charge in [-0.05, 0) is 31.7 Å². The van der Waals surface area contributed by atoms with Gasteiger partial charge in [-0.25, -0.2) is 9.67 Å². The summed E-state index contributed by atoms with van der Waals surface area (Å²) >= 11 is 0. The Morgan fingerprint density at radius 3 is 2.28 bits per heavy atom. The smallest absolute Gasteiger partial charge is 0.255 e. The van der Waals surface area contributed by atoms with Crippen LogP contribution in [0.5, 0.6) is 0 Å². The molecule has 2 aliphatic heterocycles. The highest BCUT2D eigenvalue weighted by molar-refractivity contribution is 5.97. The molecule has 32 heavy (non-hydrogen) atoms. The number of carbonyl (C=O) groups excluding carboxylic acids is 2. The van der Waals surface area contributed by atoms with Crippen molar-refractivity contribution in [1.82, 2.24) is 29.5 Å². The van der Waals surface area contributed by atoms with Gasteiger partial charge >= 0.3 is 0 Å². The third kappa shape index (κ3) is 4.51. The van der Waals surface area contributed by atoms with Gasteiger partial charge in [-0.2, -0.15) is 5.10 Å². The summed E-state index contributed by atoms with van der Waals surface area (Å²) in [5.74, 6) is 0.257. The van der Waals surface area contributed by atoms with Crippen LogP contribution in [-0.2, 0) is 4.79 Å². The molecule has 5 rings (SSSR count). The molecule has 0 spiro atoms. The lowest BCUT2D eigenvalue weighted by Crippen LogP contribution is -2.51. The first kappa shape index (κ1) is 21.4. The van der Waals surface area contributed by atoms with Crippen LogP contribution in [0.4, 0.5) is 0 Å². The summed E-state index contributed by atoms with van der Waals surface area (Å²) in [5.41, 5.74) is 1.50. The minimum Gasteiger partial charge on any atom is -0.342 e. The normalized spacial score (nSPS) is 21.2. The van der Waals surface area contributed by atoms with Gasteiger partial charge in [0, 0.05) is 50.9 Å². The molecule has 2 aromatic rings. The van der Waals surface area contributed by atoms with Crippen LogP contribution in [0.15, 0.2) is 18.5 Å². The van der Waals surface area contributed by atoms with E-state index in [0.717, 1.165) is 62.9 Å². The van der Waals surface area contributed by atoms with E-state index in [1.807, 2.05) is 26.7 Å². The lowest BCUT2D eigenvalue weighted by Gasteiger charge is -2.35. The van der Waals surface area contributed by atoms with Crippen LogP contribution >= 0.6 is 0 Å². The first-order chi connectivity index (χ1) is 15.7. The number of carbonyl (C=O) groups is 2. The molecule has 0 unspecified atom stereocenters. The largest absolute Gasteiger partial charge is 0.342 e. The Balaban J connectivity index is 1.17. The molecule has 3 fully saturated rings. The van der Waals surface area contributed by atoms with Gasteiger partial charge in [-0.1, -0.05) is 25.7 Å². The van der Waals surface area contributed by atoms with Crippen LogP contribution in [0.25, 0.3) is 11.0 Å². The molecule has 2 saturated heterocycles. The van der Waals surface area contributed by atoms with Crippen molar-refractivity contribution in [2.24, 2.45) is 0 Å². The summed E-state index contributed by atoms with van der Waals surface area (Å²) in [7, 11) is 0. The molecule has 1 saturated carbocycles. The van der Waals surface area contributed by atoms with Gasteiger partial charge < -0.3 is 9.80 Å². The quantitative estimate of drug-likeness (QED) is 0.734. The Hall–Kier alpha value is -2.48. The molecule has 0 radical (unpaired) electrons. The molecule has 0 aromatic carbocycles. The van der Waals surface area contributed by atoms with Crippen molar-refractivity contribution in [3.8, 4) is 0 Å². The van der Waals surface area contributed by atoms with E-state index in [0.29, 0.717) is 31.2 Å². The molecule has 8 heteroatoms. The molecule has 8 nitrogen and oxygen atoms in total. The van der Waals surface area contributed by atoms with Crippen molar-refractivity contribution in [2.75, 3.05) is 45.8 Å². The number of rotatable bonds is 4. The SMILES string of the molecule is O=C(CN1CCN(C(=O)c2cnc3c(cnn3C3CCCC3)c2)CC1)N1CCCCCC1. The summed E-state index contributed by atoms with van der Waals surface area (Å²) in [4.78, 5) is 36.5. The first-order valence-corrected chi connectivity index (χ1v) is 12.3. The number of amides is 2. The van der Waals surface area contributed by atoms with Gasteiger partial charge in [0.2, 0.25) is 5.91 Å². The van der Waals surface area contributed by atoms with Crippen molar-refractivity contribution < 1.29 is 9.59 Å². The highest BCUT2D eigenvalue weighted by Gasteiger charge is 2.26. The second-order valence-electron chi connectivity index (χ2n) is 9.53. The number of nitrogens with zero attached hydrogens (tertiary/aromatic N) is 6. The Kier molecular flexibility index (Phi) is 6.39. The standard InChI is InChI=1S/C24H34N6O2/c31-22(28-9-5-1-2-6-10-28)18-27-11-13-29(14-12-27)24(32)20-15-19-17-26-30(23(19)25-16-20)21-7-3-4-8-21/h15-17,21H,1-14,18H2. The monoisotopic (exact) mass is 438 g/mol. The van der Waals surface area contributed by atoms with E-state index in [-0.39, 0.29) is 11.8 Å². The van der Waals surface area contributed by atoms with Crippen molar-refractivity contribution in [3.63, 3.8) is 0 Å². The topological polar surface area (TPSA) is 74.6 Å². The summed E-state index contributed by atoms with van der Waals surface area (Å²) in [6.07, 6.45) is 13.0. The van der Waals surface area contributed by atoms with Gasteiger partial charge in [-0.15, -0.1) is 0 Å². The van der Waals surface area contributed by atoms with E-state index < -0.39 is 0 Å². The molecule has 2 aromatic heterocycles. The highest BCUT2D eigenvalue weighted by atomic mass is 16.2. The van der Waals surface area contributed by atoms with E-state index in [2.05, 4.69) is 15.0 Å². The first-order valence-electron chi connectivity index (χ1n) is 12.3. The molecule has 0 bridgehead atoms. The number of pyridine rings is 1. The lowest BCUT2D eigenvalue weighted by molar-refractivity contribution is -0.132. The Labute approximate surface area is 189 Å². The molecule has 2 amide bonds. The van der Waals surface area contributed by atoms with Gasteiger partial charge in [0.05, 0.1) is 24.3 Å². The minimum absolute atomic E-state index is 0.0199. The predicted octanol–water partition coefficient (Wildman–Crippen LogP) is 2.71. The van der Waals surface area contributed by atoms with Crippen molar-refractivity contribution in [3.05, 3.63) is 24.0 Å². The van der Waals surface area contributed by atoms with Crippen LogP contribution in [0.3, 0.4) is 0 Å². The lowest BCUT2D eigenvalue weighted by atomic mass is 10.2. The number of likely N-dealkylation sites (tertiary alicyclic amines) is 1. The predicted molar refractivity (Wildman–Crippen MR) is 122 cm³/mol. The maximum Gasteiger partial charge on any atom is 0.255 e. The number of piperazine rings is 1. The van der Waals surface area contributed by atoms with Crippen molar-refractivity contribution >= 4 is 22.8 Å². The van der Waals surface area contributed by atoms with Crippen LogP contribution < -0.4 is 0 Å². The zero-order valence-corrected chi connectivity index (χ0v) is 18.9. The fourth-order valence-corrected chi connectivity index (χ4v) is 5.38. The number of hydrogen-bond acceptors (Lipinski definition) is 5. The van der Waals surface area contributed by atoms with Crippen LogP contribution in [0.1, 0.15) is 67.8 Å². The van der Waals surface area contributed by atoms with Crippen molar-refractivity contribution in [2.45, 2.75) is 57.4 Å². The summed E-state index contributed by atoms with van der Waals surface area (Å²) < 4.78 is 2.04. The molecular weight excluding hydrogens is 404 g/mol. The van der Waals surface area contributed by atoms with E-state index in [4.69, 9.17) is 0 Å². The molecule has 0 N–H and O–H groups in total. The van der Waals surface area contributed by atoms with Crippen LogP contribution in [-0.4, -0.2) is 87.1 Å².